The maximum absolute atomic E-state index is 12.4. The number of alkyl carbamates (subject to hydrolysis) is 1. The van der Waals surface area contributed by atoms with E-state index in [0.29, 0.717) is 49.0 Å². The highest BCUT2D eigenvalue weighted by molar-refractivity contribution is 7.80. The number of nitrogens with zero attached hydrogens (tertiary/aromatic N) is 4. The molecule has 0 aliphatic carbocycles. The van der Waals surface area contributed by atoms with Crippen molar-refractivity contribution in [3.8, 4) is 11.3 Å². The molecule has 0 fully saturated rings. The zero-order chi connectivity index (χ0) is 29.1. The lowest BCUT2D eigenvalue weighted by Gasteiger charge is -2.30. The van der Waals surface area contributed by atoms with Gasteiger partial charge in [-0.25, -0.2) is 19.7 Å². The van der Waals surface area contributed by atoms with Gasteiger partial charge >= 0.3 is 6.09 Å². The van der Waals surface area contributed by atoms with Crippen LogP contribution in [0.3, 0.4) is 0 Å². The first-order valence-corrected chi connectivity index (χ1v) is 13.6. The molecule has 41 heavy (non-hydrogen) atoms. The van der Waals surface area contributed by atoms with Gasteiger partial charge in [0, 0.05) is 28.0 Å². The number of halogens is 2. The molecule has 0 aliphatic heterocycles. The first-order valence-electron chi connectivity index (χ1n) is 12.5. The van der Waals surface area contributed by atoms with Gasteiger partial charge in [-0.3, -0.25) is 5.32 Å². The Balaban J connectivity index is 1.68. The van der Waals surface area contributed by atoms with E-state index in [9.17, 15) is 9.90 Å². The third-order valence-electron chi connectivity index (χ3n) is 6.38. The third kappa shape index (κ3) is 5.86. The second-order valence-electron chi connectivity index (χ2n) is 9.04. The van der Waals surface area contributed by atoms with Crippen molar-refractivity contribution in [1.29, 1.82) is 0 Å². The summed E-state index contributed by atoms with van der Waals surface area (Å²) in [5.41, 5.74) is 1.93. The van der Waals surface area contributed by atoms with E-state index in [2.05, 4.69) is 20.6 Å². The Morgan fingerprint density at radius 1 is 1.05 bits per heavy atom. The van der Waals surface area contributed by atoms with Crippen LogP contribution in [0.2, 0.25) is 10.0 Å². The quantitative estimate of drug-likeness (QED) is 0.200. The van der Waals surface area contributed by atoms with Gasteiger partial charge < -0.3 is 19.7 Å². The highest BCUT2D eigenvalue weighted by atomic mass is 35.5. The average Bonchev–Trinajstić information content (AvgIpc) is 3.38. The molecule has 12 heteroatoms. The van der Waals surface area contributed by atoms with Crippen LogP contribution in [0.25, 0.3) is 22.2 Å². The summed E-state index contributed by atoms with van der Waals surface area (Å²) in [6, 6.07) is 19.6. The van der Waals surface area contributed by atoms with Crippen LogP contribution in [-0.4, -0.2) is 42.4 Å². The SMILES string of the molecule is CCOC(=O)NC(=S)Nc1nc(-c2cccc(Cl)c2)c2cc(C(O)(c3ccc(Cl)cc3)c3cncn3C)ccc2n1. The summed E-state index contributed by atoms with van der Waals surface area (Å²) in [5, 5.41) is 19.4. The minimum absolute atomic E-state index is 0.0233. The first-order chi connectivity index (χ1) is 19.7. The third-order valence-corrected chi connectivity index (χ3v) is 7.07. The summed E-state index contributed by atoms with van der Waals surface area (Å²) in [6.07, 6.45) is 2.56. The molecule has 3 N–H and O–H groups in total. The van der Waals surface area contributed by atoms with Crippen molar-refractivity contribution in [2.24, 2.45) is 7.05 Å². The van der Waals surface area contributed by atoms with Crippen molar-refractivity contribution in [2.45, 2.75) is 12.5 Å². The predicted molar refractivity (Wildman–Crippen MR) is 163 cm³/mol. The van der Waals surface area contributed by atoms with Crippen LogP contribution in [0.4, 0.5) is 10.7 Å². The van der Waals surface area contributed by atoms with Crippen molar-refractivity contribution < 1.29 is 14.6 Å². The highest BCUT2D eigenvalue weighted by Crippen LogP contribution is 2.39. The van der Waals surface area contributed by atoms with Gasteiger partial charge in [-0.15, -0.1) is 0 Å². The fourth-order valence-electron chi connectivity index (χ4n) is 4.52. The monoisotopic (exact) mass is 606 g/mol. The molecule has 0 spiro atoms. The lowest BCUT2D eigenvalue weighted by atomic mass is 9.83. The highest BCUT2D eigenvalue weighted by Gasteiger charge is 2.37. The smallest absolute Gasteiger partial charge is 0.413 e. The fraction of sp³-hybridized carbons (Fsp3) is 0.138. The molecule has 9 nitrogen and oxygen atoms in total. The van der Waals surface area contributed by atoms with Crippen LogP contribution in [0.5, 0.6) is 0 Å². The fourth-order valence-corrected chi connectivity index (χ4v) is 5.01. The van der Waals surface area contributed by atoms with Gasteiger partial charge in [-0.05, 0) is 66.7 Å². The van der Waals surface area contributed by atoms with Gasteiger partial charge in [0.2, 0.25) is 5.95 Å². The second kappa shape index (κ2) is 11.8. The second-order valence-corrected chi connectivity index (χ2v) is 10.3. The normalized spacial score (nSPS) is 12.5. The van der Waals surface area contributed by atoms with E-state index < -0.39 is 11.7 Å². The number of anilines is 1. The van der Waals surface area contributed by atoms with Gasteiger partial charge in [0.25, 0.3) is 0 Å². The van der Waals surface area contributed by atoms with Gasteiger partial charge in [-0.2, -0.15) is 0 Å². The Morgan fingerprint density at radius 2 is 1.80 bits per heavy atom. The molecule has 3 aromatic carbocycles. The van der Waals surface area contributed by atoms with Gasteiger partial charge in [0.1, 0.15) is 0 Å². The number of ether oxygens (including phenoxy) is 1. The Morgan fingerprint density at radius 3 is 2.49 bits per heavy atom. The molecule has 2 aromatic heterocycles. The standard InChI is InChI=1S/C29H24Cl2N6O3S/c1-3-40-28(38)36-27(41)35-26-33-23-12-9-19(14-22(23)25(34-26)17-5-4-6-21(31)13-17)29(39,24-15-32-16-37(24)2)18-7-10-20(30)11-8-18/h4-16,39H,3H2,1-2H3,(H2,33,34,35,36,38,41). The number of benzene rings is 3. The number of aryl methyl sites for hydroxylation is 1. The molecule has 0 saturated carbocycles. The molecule has 1 atom stereocenters. The van der Waals surface area contributed by atoms with Crippen molar-refractivity contribution in [1.82, 2.24) is 24.8 Å². The van der Waals surface area contributed by atoms with E-state index >= 15 is 0 Å². The number of aromatic nitrogens is 4. The van der Waals surface area contributed by atoms with Crippen molar-refractivity contribution in [3.05, 3.63) is 106 Å². The minimum atomic E-state index is -1.59. The topological polar surface area (TPSA) is 114 Å². The number of hydrogen-bond donors (Lipinski definition) is 3. The Labute approximate surface area is 251 Å². The zero-order valence-corrected chi connectivity index (χ0v) is 24.3. The number of fused-ring (bicyclic) bond motifs is 1. The number of amides is 1. The number of carbonyl (C=O) groups is 1. The first kappa shape index (κ1) is 28.4. The van der Waals surface area contributed by atoms with E-state index in [4.69, 9.17) is 45.1 Å². The maximum atomic E-state index is 12.4. The lowest BCUT2D eigenvalue weighted by molar-refractivity contribution is 0.117. The summed E-state index contributed by atoms with van der Waals surface area (Å²) in [4.78, 5) is 25.4. The van der Waals surface area contributed by atoms with Gasteiger partial charge in [-0.1, -0.05) is 53.5 Å². The van der Waals surface area contributed by atoms with Crippen LogP contribution < -0.4 is 10.6 Å². The van der Waals surface area contributed by atoms with Crippen molar-refractivity contribution in [3.63, 3.8) is 0 Å². The molecule has 5 rings (SSSR count). The molecule has 5 aromatic rings. The molecular weight excluding hydrogens is 583 g/mol. The Bertz CT molecular complexity index is 1760. The number of imidazole rings is 1. The van der Waals surface area contributed by atoms with E-state index in [-0.39, 0.29) is 17.7 Å². The van der Waals surface area contributed by atoms with Gasteiger partial charge in [0.05, 0.1) is 36.0 Å². The van der Waals surface area contributed by atoms with E-state index in [1.807, 2.05) is 25.2 Å². The molecule has 0 aliphatic rings. The molecule has 0 bridgehead atoms. The number of thiocarbonyl (C=S) groups is 1. The number of nitrogens with one attached hydrogen (secondary N) is 2. The molecule has 208 valence electrons. The summed E-state index contributed by atoms with van der Waals surface area (Å²) < 4.78 is 6.65. The van der Waals surface area contributed by atoms with E-state index in [1.54, 1.807) is 72.5 Å². The van der Waals surface area contributed by atoms with E-state index in [0.717, 1.165) is 0 Å². The summed E-state index contributed by atoms with van der Waals surface area (Å²) in [5.74, 6) is 0.154. The Kier molecular flexibility index (Phi) is 8.18. The lowest BCUT2D eigenvalue weighted by Crippen LogP contribution is -2.35. The summed E-state index contributed by atoms with van der Waals surface area (Å²) in [6.45, 7) is 1.89. The van der Waals surface area contributed by atoms with Crippen LogP contribution >= 0.6 is 35.4 Å². The molecule has 0 saturated heterocycles. The van der Waals surface area contributed by atoms with E-state index in [1.165, 1.54) is 0 Å². The summed E-state index contributed by atoms with van der Waals surface area (Å²) >= 11 is 17.7. The number of aliphatic hydroxyl groups is 1. The predicted octanol–water partition coefficient (Wildman–Crippen LogP) is 6.06. The van der Waals surface area contributed by atoms with Gasteiger partial charge in [0.15, 0.2) is 10.7 Å². The molecule has 0 radical (unpaired) electrons. The molecule has 1 amide bonds. The van der Waals surface area contributed by atoms with Crippen LogP contribution in [0, 0.1) is 0 Å². The van der Waals surface area contributed by atoms with Crippen LogP contribution in [-0.2, 0) is 17.4 Å². The average molecular weight is 608 g/mol. The number of carbonyl (C=O) groups excluding carboxylic acids is 1. The number of rotatable bonds is 6. The van der Waals surface area contributed by atoms with Crippen LogP contribution in [0.1, 0.15) is 23.7 Å². The number of hydrogen-bond acceptors (Lipinski definition) is 7. The zero-order valence-electron chi connectivity index (χ0n) is 21.9. The minimum Gasteiger partial charge on any atom is -0.450 e. The maximum Gasteiger partial charge on any atom is 0.413 e. The molecule has 2 heterocycles. The summed E-state index contributed by atoms with van der Waals surface area (Å²) in [7, 11) is 1.82. The Hall–Kier alpha value is -4.09. The van der Waals surface area contributed by atoms with Crippen molar-refractivity contribution >= 4 is 63.5 Å². The molecular formula is C29H24Cl2N6O3S. The van der Waals surface area contributed by atoms with Crippen LogP contribution in [0.15, 0.2) is 79.3 Å². The van der Waals surface area contributed by atoms with Crippen molar-refractivity contribution in [2.75, 3.05) is 11.9 Å². The largest absolute Gasteiger partial charge is 0.450 e. The molecule has 1 unspecified atom stereocenters.